The second kappa shape index (κ2) is 10.0. The highest BCUT2D eigenvalue weighted by Gasteiger charge is 2.37. The van der Waals surface area contributed by atoms with Crippen molar-refractivity contribution in [3.63, 3.8) is 0 Å². The first kappa shape index (κ1) is 26.4. The molecule has 3 aromatic carbocycles. The van der Waals surface area contributed by atoms with E-state index in [-0.39, 0.29) is 23.3 Å². The number of carbonyl (C=O) groups is 1. The van der Waals surface area contributed by atoms with Crippen molar-refractivity contribution >= 4 is 28.3 Å². The molecule has 37 heavy (non-hydrogen) atoms. The van der Waals surface area contributed by atoms with Crippen molar-refractivity contribution in [3.8, 4) is 0 Å². The zero-order valence-electron chi connectivity index (χ0n) is 18.6. The molecule has 0 bridgehead atoms. The van der Waals surface area contributed by atoms with Crippen LogP contribution >= 0.6 is 11.6 Å². The molecule has 1 aromatic heterocycles. The normalized spacial score (nSPS) is 12.1. The van der Waals surface area contributed by atoms with Crippen LogP contribution in [0.15, 0.2) is 66.7 Å². The highest BCUT2D eigenvalue weighted by molar-refractivity contribution is 6.34. The number of halogens is 8. The zero-order chi connectivity index (χ0) is 27.0. The minimum Gasteiger partial charge on any atom is -0.347 e. The van der Waals surface area contributed by atoms with Gasteiger partial charge in [-0.25, -0.2) is 9.37 Å². The number of benzene rings is 3. The summed E-state index contributed by atoms with van der Waals surface area (Å²) >= 11 is 6.27. The summed E-state index contributed by atoms with van der Waals surface area (Å²) in [6, 6.07) is 13.4. The second-order valence-electron chi connectivity index (χ2n) is 8.18. The Labute approximate surface area is 210 Å². The largest absolute Gasteiger partial charge is 0.416 e. The molecule has 0 saturated carbocycles. The summed E-state index contributed by atoms with van der Waals surface area (Å²) in [5.74, 6) is -1.31. The Balaban J connectivity index is 1.70. The topological polar surface area (TPSA) is 42.0 Å². The first-order valence-corrected chi connectivity index (χ1v) is 11.1. The van der Waals surface area contributed by atoms with Gasteiger partial charge in [-0.1, -0.05) is 48.0 Å². The Morgan fingerprint density at radius 2 is 1.38 bits per heavy atom. The van der Waals surface area contributed by atoms with Crippen LogP contribution in [-0.4, -0.2) is 10.9 Å². The summed E-state index contributed by atoms with van der Waals surface area (Å²) < 4.78 is 92.4. The van der Waals surface area contributed by atoms with Crippen molar-refractivity contribution in [1.82, 2.24) is 10.3 Å². The molecule has 0 fully saturated rings. The van der Waals surface area contributed by atoms with Crippen molar-refractivity contribution < 1.29 is 35.5 Å². The molecule has 0 aliphatic heterocycles. The number of hydrogen-bond acceptors (Lipinski definition) is 2. The lowest BCUT2D eigenvalue weighted by Gasteiger charge is -2.16. The van der Waals surface area contributed by atoms with Crippen LogP contribution < -0.4 is 5.32 Å². The molecule has 4 aromatic rings. The quantitative estimate of drug-likeness (QED) is 0.209. The van der Waals surface area contributed by atoms with Gasteiger partial charge in [-0.05, 0) is 52.4 Å². The molecule has 1 amide bonds. The number of carbonyl (C=O) groups excluding carboxylic acids is 1. The van der Waals surface area contributed by atoms with Crippen LogP contribution in [0.25, 0.3) is 10.8 Å². The number of fused-ring (bicyclic) bond motifs is 1. The molecule has 1 heterocycles. The molecule has 0 saturated heterocycles. The molecule has 0 aliphatic rings. The van der Waals surface area contributed by atoms with E-state index >= 15 is 0 Å². The standard InChI is InChI=1S/C26H16ClF7N2O/c27-23-20-4-2-1-3-19(20)21(11-14-5-7-18(28)8-6-14)22(36-23)24(37)35-13-15-9-16(25(29,30)31)12-17(10-15)26(32,33)34/h1-10,12H,11,13H2,(H,35,37). The third-order valence-electron chi connectivity index (χ3n) is 5.58. The van der Waals surface area contributed by atoms with Gasteiger partial charge in [0.25, 0.3) is 5.91 Å². The zero-order valence-corrected chi connectivity index (χ0v) is 19.4. The number of nitrogens with zero attached hydrogens (tertiary/aromatic N) is 1. The Bertz CT molecular complexity index is 1430. The highest BCUT2D eigenvalue weighted by atomic mass is 35.5. The molecule has 0 radical (unpaired) electrons. The number of alkyl halides is 6. The van der Waals surface area contributed by atoms with Crippen LogP contribution in [0.5, 0.6) is 0 Å². The monoisotopic (exact) mass is 540 g/mol. The minimum absolute atomic E-state index is 0.0107. The van der Waals surface area contributed by atoms with Crippen molar-refractivity contribution in [3.05, 3.63) is 111 Å². The van der Waals surface area contributed by atoms with E-state index in [9.17, 15) is 35.5 Å². The van der Waals surface area contributed by atoms with E-state index in [2.05, 4.69) is 10.3 Å². The molecular formula is C26H16ClF7N2O. The number of hydrogen-bond donors (Lipinski definition) is 1. The fraction of sp³-hybridized carbons (Fsp3) is 0.154. The molecule has 4 rings (SSSR count). The predicted octanol–water partition coefficient (Wildman–Crippen LogP) is 7.59. The van der Waals surface area contributed by atoms with Gasteiger partial charge >= 0.3 is 12.4 Å². The lowest BCUT2D eigenvalue weighted by molar-refractivity contribution is -0.143. The van der Waals surface area contributed by atoms with Gasteiger partial charge in [-0.2, -0.15) is 26.3 Å². The maximum Gasteiger partial charge on any atom is 0.416 e. The fourth-order valence-corrected chi connectivity index (χ4v) is 4.09. The maximum atomic E-state index is 13.4. The molecule has 0 spiro atoms. The van der Waals surface area contributed by atoms with Crippen molar-refractivity contribution in [1.29, 1.82) is 0 Å². The smallest absolute Gasteiger partial charge is 0.347 e. The van der Waals surface area contributed by atoms with Crippen LogP contribution in [0.3, 0.4) is 0 Å². The number of amides is 1. The molecule has 192 valence electrons. The van der Waals surface area contributed by atoms with Crippen LogP contribution in [-0.2, 0) is 25.3 Å². The summed E-state index contributed by atoms with van der Waals surface area (Å²) in [5.41, 5.74) is -2.49. The number of aromatic nitrogens is 1. The number of rotatable bonds is 5. The Kier molecular flexibility index (Phi) is 7.14. The Hall–Kier alpha value is -3.66. The first-order valence-electron chi connectivity index (χ1n) is 10.7. The van der Waals surface area contributed by atoms with Gasteiger partial charge < -0.3 is 5.32 Å². The van der Waals surface area contributed by atoms with Gasteiger partial charge in [0, 0.05) is 18.4 Å². The van der Waals surface area contributed by atoms with E-state index in [0.29, 0.717) is 34.0 Å². The van der Waals surface area contributed by atoms with E-state index in [0.717, 1.165) is 0 Å². The third kappa shape index (κ3) is 6.02. The van der Waals surface area contributed by atoms with Gasteiger partial charge in [0.1, 0.15) is 16.7 Å². The predicted molar refractivity (Wildman–Crippen MR) is 124 cm³/mol. The molecule has 3 nitrogen and oxygen atoms in total. The Morgan fingerprint density at radius 3 is 1.95 bits per heavy atom. The summed E-state index contributed by atoms with van der Waals surface area (Å²) in [4.78, 5) is 17.3. The van der Waals surface area contributed by atoms with Crippen LogP contribution in [0.2, 0.25) is 5.15 Å². The molecule has 0 atom stereocenters. The summed E-state index contributed by atoms with van der Waals surface area (Å²) in [7, 11) is 0. The van der Waals surface area contributed by atoms with Gasteiger partial charge in [0.2, 0.25) is 0 Å². The van der Waals surface area contributed by atoms with E-state index in [1.807, 2.05) is 0 Å². The van der Waals surface area contributed by atoms with Crippen molar-refractivity contribution in [2.24, 2.45) is 0 Å². The third-order valence-corrected chi connectivity index (χ3v) is 5.87. The molecule has 0 aliphatic carbocycles. The van der Waals surface area contributed by atoms with Crippen LogP contribution in [0.4, 0.5) is 30.7 Å². The van der Waals surface area contributed by atoms with E-state index in [1.165, 1.54) is 24.3 Å². The SMILES string of the molecule is O=C(NCc1cc(C(F)(F)F)cc(C(F)(F)F)c1)c1nc(Cl)c2ccccc2c1Cc1ccc(F)cc1. The van der Waals surface area contributed by atoms with E-state index < -0.39 is 47.3 Å². The van der Waals surface area contributed by atoms with E-state index in [1.54, 1.807) is 24.3 Å². The molecular weight excluding hydrogens is 525 g/mol. The fourth-order valence-electron chi connectivity index (χ4n) is 3.84. The number of pyridine rings is 1. The summed E-state index contributed by atoms with van der Waals surface area (Å²) in [6.45, 7) is -0.631. The molecule has 0 unspecified atom stereocenters. The van der Waals surface area contributed by atoms with Gasteiger partial charge in [-0.15, -0.1) is 0 Å². The highest BCUT2D eigenvalue weighted by Crippen LogP contribution is 2.36. The second-order valence-corrected chi connectivity index (χ2v) is 8.53. The summed E-state index contributed by atoms with van der Waals surface area (Å²) in [5, 5.41) is 3.43. The lowest BCUT2D eigenvalue weighted by Crippen LogP contribution is -2.26. The molecule has 11 heteroatoms. The average Bonchev–Trinajstić information content (AvgIpc) is 2.84. The minimum atomic E-state index is -5.02. The average molecular weight is 541 g/mol. The molecule has 1 N–H and O–H groups in total. The Morgan fingerprint density at radius 1 is 0.811 bits per heavy atom. The van der Waals surface area contributed by atoms with E-state index in [4.69, 9.17) is 11.6 Å². The van der Waals surface area contributed by atoms with Crippen molar-refractivity contribution in [2.75, 3.05) is 0 Å². The van der Waals surface area contributed by atoms with Gasteiger partial charge in [-0.3, -0.25) is 4.79 Å². The first-order chi connectivity index (χ1) is 17.3. The number of nitrogens with one attached hydrogen (secondary N) is 1. The maximum absolute atomic E-state index is 13.4. The lowest BCUT2D eigenvalue weighted by atomic mass is 9.97. The van der Waals surface area contributed by atoms with Gasteiger partial charge in [0.05, 0.1) is 11.1 Å². The van der Waals surface area contributed by atoms with Crippen molar-refractivity contribution in [2.45, 2.75) is 25.3 Å². The summed E-state index contributed by atoms with van der Waals surface area (Å²) in [6.07, 6.45) is -9.90. The van der Waals surface area contributed by atoms with Gasteiger partial charge in [0.15, 0.2) is 0 Å². The van der Waals surface area contributed by atoms with Crippen LogP contribution in [0, 0.1) is 5.82 Å². The van der Waals surface area contributed by atoms with Crippen LogP contribution in [0.1, 0.15) is 38.3 Å².